The van der Waals surface area contributed by atoms with Gasteiger partial charge in [0.05, 0.1) is 5.76 Å². The van der Waals surface area contributed by atoms with E-state index in [1.807, 2.05) is 70.3 Å². The van der Waals surface area contributed by atoms with Crippen molar-refractivity contribution < 1.29 is 37.2 Å². The van der Waals surface area contributed by atoms with Crippen LogP contribution in [-0.2, 0) is 31.3 Å². The van der Waals surface area contributed by atoms with Crippen molar-refractivity contribution in [3.8, 4) is 11.3 Å². The smallest absolute Gasteiger partial charge is 0.161 e. The van der Waals surface area contributed by atoms with Crippen LogP contribution in [0.25, 0.3) is 60.8 Å². The van der Waals surface area contributed by atoms with E-state index in [0.29, 0.717) is 11.5 Å². The number of nitrogens with zero attached hydrogens (tertiary/aromatic N) is 1. The van der Waals surface area contributed by atoms with Gasteiger partial charge in [0.1, 0.15) is 11.2 Å². The van der Waals surface area contributed by atoms with Crippen LogP contribution in [-0.4, -0.2) is 15.9 Å². The van der Waals surface area contributed by atoms with Gasteiger partial charge in [-0.15, -0.1) is 29.1 Å². The summed E-state index contributed by atoms with van der Waals surface area (Å²) in [6, 6.07) is 24.1. The molecule has 0 saturated carbocycles. The Morgan fingerprint density at radius 2 is 1.73 bits per heavy atom. The molecule has 7 rings (SSSR count). The zero-order valence-corrected chi connectivity index (χ0v) is 28.8. The molecule has 0 saturated heterocycles. The van der Waals surface area contributed by atoms with Crippen LogP contribution in [0.5, 0.6) is 0 Å². The molecule has 1 aliphatic carbocycles. The predicted octanol–water partition coefficient (Wildman–Crippen LogP) is 10.8. The fourth-order valence-electron chi connectivity index (χ4n) is 5.67. The zero-order valence-electron chi connectivity index (χ0n) is 28.4. The Balaban J connectivity index is 0.000000314. The van der Waals surface area contributed by atoms with Crippen LogP contribution in [0.15, 0.2) is 89.2 Å². The van der Waals surface area contributed by atoms with Gasteiger partial charge in [-0.05, 0) is 40.8 Å². The molecule has 0 unspecified atom stereocenters. The Morgan fingerprint density at radius 1 is 0.956 bits per heavy atom. The van der Waals surface area contributed by atoms with E-state index < -0.39 is 6.37 Å². The quantitative estimate of drug-likeness (QED) is 0.108. The van der Waals surface area contributed by atoms with Crippen LogP contribution in [0.3, 0.4) is 0 Å². The number of hydrogen-bond donors (Lipinski definition) is 1. The number of aliphatic hydroxyl groups excluding tert-OH is 1. The number of furan rings is 1. The first-order valence-corrected chi connectivity index (χ1v) is 15.2. The molecule has 4 nitrogen and oxygen atoms in total. The third-order valence-corrected chi connectivity index (χ3v) is 8.18. The number of aliphatic hydroxyl groups is 1. The Morgan fingerprint density at radius 3 is 2.47 bits per heavy atom. The maximum Gasteiger partial charge on any atom is 0.161 e. The molecule has 1 aliphatic rings. The number of carbonyl (C=O) groups excluding carboxylic acids is 1. The van der Waals surface area contributed by atoms with E-state index in [1.165, 1.54) is 17.0 Å². The molecular formula is C40H38IrNO3-. The molecule has 0 atom stereocenters. The van der Waals surface area contributed by atoms with E-state index in [9.17, 15) is 9.90 Å². The van der Waals surface area contributed by atoms with Crippen LogP contribution >= 0.6 is 0 Å². The number of hydrogen-bond acceptors (Lipinski definition) is 4. The Labute approximate surface area is 281 Å². The van der Waals surface area contributed by atoms with Crippen LogP contribution in [0.4, 0.5) is 0 Å². The van der Waals surface area contributed by atoms with Gasteiger partial charge in [0.2, 0.25) is 0 Å². The number of rotatable bonds is 5. The maximum absolute atomic E-state index is 11.0. The number of ketones is 1. The SMILES string of the molecule is CC(C)C(=O)/C=C(\O)C(C)C.[2H]C1([2H])C=Cc2c3oc4c(-c5[c-]c6ccccc6c(C(C)C)c5)nccc4c3cc3cccc1c23.[Ir]. The molecule has 0 fully saturated rings. The van der Waals surface area contributed by atoms with E-state index in [-0.39, 0.29) is 43.5 Å². The molecule has 2 aromatic heterocycles. The first-order chi connectivity index (χ1) is 21.9. The second kappa shape index (κ2) is 13.1. The molecular weight excluding hydrogens is 735 g/mol. The van der Waals surface area contributed by atoms with Crippen LogP contribution in [0, 0.1) is 17.9 Å². The summed E-state index contributed by atoms with van der Waals surface area (Å²) in [4.78, 5) is 15.8. The number of allylic oxidation sites excluding steroid dienone is 3. The van der Waals surface area contributed by atoms with Gasteiger partial charge >= 0.3 is 0 Å². The zero-order chi connectivity index (χ0) is 32.9. The van der Waals surface area contributed by atoms with Gasteiger partial charge in [-0.3, -0.25) is 9.78 Å². The van der Waals surface area contributed by atoms with Gasteiger partial charge in [-0.2, -0.15) is 0 Å². The minimum Gasteiger partial charge on any atom is -0.512 e. The summed E-state index contributed by atoms with van der Waals surface area (Å²) in [5.41, 5.74) is 6.07. The van der Waals surface area contributed by atoms with Crippen molar-refractivity contribution in [1.29, 1.82) is 0 Å². The molecule has 1 radical (unpaired) electrons. The van der Waals surface area contributed by atoms with Crippen molar-refractivity contribution in [2.24, 2.45) is 11.8 Å². The molecule has 1 N–H and O–H groups in total. The number of fused-ring (bicyclic) bond motifs is 5. The fourth-order valence-corrected chi connectivity index (χ4v) is 5.67. The van der Waals surface area contributed by atoms with Crippen LogP contribution in [0.1, 0.15) is 66.9 Å². The van der Waals surface area contributed by atoms with Crippen LogP contribution in [0.2, 0.25) is 0 Å². The standard InChI is InChI=1S/C31H22NO.C9H16O2.Ir/c1-18(2)26-17-22(15-20-7-3-4-11-23(20)26)29-31-24(13-14-32-29)27-16-21-10-5-8-19-9-6-12-25(28(19)21)30(27)33-31;1-6(2)8(10)5-9(11)7(3)4;/h3-8,10-14,16-18H,9H2,1-2H3;5-7,10H,1-4H3;/q-1;;/b;8-5-;/i9D2;;. The number of benzene rings is 4. The van der Waals surface area contributed by atoms with E-state index >= 15 is 0 Å². The third-order valence-electron chi connectivity index (χ3n) is 8.18. The molecule has 6 aromatic rings. The van der Waals surface area contributed by atoms with Crippen molar-refractivity contribution in [1.82, 2.24) is 4.98 Å². The number of pyridine rings is 1. The van der Waals surface area contributed by atoms with Crippen molar-refractivity contribution in [2.75, 3.05) is 0 Å². The average Bonchev–Trinajstić information content (AvgIpc) is 3.40. The largest absolute Gasteiger partial charge is 0.512 e. The van der Waals surface area contributed by atoms with Crippen molar-refractivity contribution >= 4 is 55.3 Å². The Kier molecular flexibility index (Phi) is 8.65. The predicted molar refractivity (Wildman–Crippen MR) is 183 cm³/mol. The summed E-state index contributed by atoms with van der Waals surface area (Å²) in [6.45, 7) is 11.7. The molecule has 5 heteroatoms. The molecule has 4 aromatic carbocycles. The minimum atomic E-state index is -1.51. The average molecular weight is 775 g/mol. The number of aromatic nitrogens is 1. The second-order valence-corrected chi connectivity index (χ2v) is 12.3. The van der Waals surface area contributed by atoms with Gasteiger partial charge in [-0.1, -0.05) is 101 Å². The minimum absolute atomic E-state index is 0. The molecule has 2 heterocycles. The molecule has 231 valence electrons. The first kappa shape index (κ1) is 29.6. The normalized spacial score (nSPS) is 14.6. The van der Waals surface area contributed by atoms with E-state index in [1.54, 1.807) is 6.08 Å². The Hall–Kier alpha value is -4.05. The van der Waals surface area contributed by atoms with E-state index in [0.717, 1.165) is 54.9 Å². The van der Waals surface area contributed by atoms with E-state index in [4.69, 9.17) is 12.1 Å². The van der Waals surface area contributed by atoms with Crippen molar-refractivity contribution in [3.05, 3.63) is 108 Å². The molecule has 0 bridgehead atoms. The summed E-state index contributed by atoms with van der Waals surface area (Å²) in [6.07, 6.45) is 5.14. The van der Waals surface area contributed by atoms with Gasteiger partial charge in [0, 0.05) is 69.0 Å². The fraction of sp³-hybridized carbons (Fsp3) is 0.250. The summed E-state index contributed by atoms with van der Waals surface area (Å²) in [5.74, 6) is 0.518. The maximum atomic E-state index is 11.0. The van der Waals surface area contributed by atoms with E-state index in [2.05, 4.69) is 50.2 Å². The summed E-state index contributed by atoms with van der Waals surface area (Å²) in [5, 5.41) is 15.4. The van der Waals surface area contributed by atoms with Gasteiger partial charge in [0.15, 0.2) is 5.78 Å². The topological polar surface area (TPSA) is 63.3 Å². The molecule has 45 heavy (non-hydrogen) atoms. The molecule has 0 aliphatic heterocycles. The summed E-state index contributed by atoms with van der Waals surface area (Å²) in [7, 11) is 0. The monoisotopic (exact) mass is 775 g/mol. The van der Waals surface area contributed by atoms with Gasteiger partial charge in [0.25, 0.3) is 0 Å². The van der Waals surface area contributed by atoms with Crippen molar-refractivity contribution in [3.63, 3.8) is 0 Å². The second-order valence-electron chi connectivity index (χ2n) is 12.3. The third kappa shape index (κ3) is 6.12. The molecule has 0 amide bonds. The van der Waals surface area contributed by atoms with Gasteiger partial charge in [-0.25, -0.2) is 0 Å². The summed E-state index contributed by atoms with van der Waals surface area (Å²) < 4.78 is 23.5. The number of carbonyl (C=O) groups is 1. The molecule has 0 spiro atoms. The Bertz CT molecular complexity index is 2210. The first-order valence-electron chi connectivity index (χ1n) is 16.2. The van der Waals surface area contributed by atoms with Crippen molar-refractivity contribution in [2.45, 2.75) is 53.8 Å². The van der Waals surface area contributed by atoms with Crippen LogP contribution < -0.4 is 0 Å². The summed E-state index contributed by atoms with van der Waals surface area (Å²) >= 11 is 0. The van der Waals surface area contributed by atoms with Gasteiger partial charge < -0.3 is 9.52 Å².